The van der Waals surface area contributed by atoms with Crippen LogP contribution in [0.15, 0.2) is 23.4 Å². The molecule has 1 N–H and O–H groups in total. The second-order valence-electron chi connectivity index (χ2n) is 3.54. The predicted molar refractivity (Wildman–Crippen MR) is 63.0 cm³/mol. The number of carbonyl (C=O) groups is 2. The van der Waals surface area contributed by atoms with Crippen LogP contribution in [0.25, 0.3) is 0 Å². The zero-order chi connectivity index (χ0) is 13.7. The number of hydrogen-bond acceptors (Lipinski definition) is 6. The molecule has 96 valence electrons. The summed E-state index contributed by atoms with van der Waals surface area (Å²) in [6, 6.07) is 4.77. The van der Waals surface area contributed by atoms with Crippen LogP contribution in [0.1, 0.15) is 22.8 Å². The van der Waals surface area contributed by atoms with Gasteiger partial charge in [-0.25, -0.2) is 4.79 Å². The van der Waals surface area contributed by atoms with Gasteiger partial charge in [0.05, 0.1) is 7.11 Å². The molecular formula is C12H13NO5. The summed E-state index contributed by atoms with van der Waals surface area (Å²) >= 11 is 0. The first-order chi connectivity index (χ1) is 8.49. The van der Waals surface area contributed by atoms with Crippen LogP contribution in [-0.4, -0.2) is 30.0 Å². The summed E-state index contributed by atoms with van der Waals surface area (Å²) in [6.07, 6.45) is 0. The molecule has 0 radical (unpaired) electrons. The fourth-order valence-corrected chi connectivity index (χ4v) is 1.22. The van der Waals surface area contributed by atoms with E-state index in [4.69, 9.17) is 9.94 Å². The number of carbonyl (C=O) groups excluding carboxylic acids is 2. The Hall–Kier alpha value is -2.37. The van der Waals surface area contributed by atoms with Crippen LogP contribution in [-0.2, 0) is 9.53 Å². The fraction of sp³-hybridized carbons (Fsp3) is 0.250. The molecule has 0 atom stereocenters. The smallest absolute Gasteiger partial charge is 0.397 e. The van der Waals surface area contributed by atoms with Crippen LogP contribution in [0.2, 0.25) is 0 Å². The molecule has 0 saturated carbocycles. The van der Waals surface area contributed by atoms with E-state index in [1.165, 1.54) is 13.0 Å². The van der Waals surface area contributed by atoms with Gasteiger partial charge < -0.3 is 14.7 Å². The van der Waals surface area contributed by atoms with Gasteiger partial charge in [0.15, 0.2) is 5.78 Å². The Morgan fingerprint density at radius 3 is 2.50 bits per heavy atom. The standard InChI is InChI=1S/C12H13NO5/c1-7-4-5-9(8(2)14)6-10(7)18-11(13-16)12(15)17-3/h4-6,16H,1-3H3. The molecule has 0 unspecified atom stereocenters. The van der Waals surface area contributed by atoms with Gasteiger partial charge in [0, 0.05) is 5.56 Å². The minimum Gasteiger partial charge on any atom is -0.462 e. The largest absolute Gasteiger partial charge is 0.462 e. The van der Waals surface area contributed by atoms with Gasteiger partial charge in [-0.15, -0.1) is 0 Å². The van der Waals surface area contributed by atoms with Crippen molar-refractivity contribution in [1.29, 1.82) is 0 Å². The fourth-order valence-electron chi connectivity index (χ4n) is 1.22. The normalized spacial score (nSPS) is 10.9. The summed E-state index contributed by atoms with van der Waals surface area (Å²) in [5.74, 6) is -1.40. The number of benzene rings is 1. The molecule has 1 rings (SSSR count). The van der Waals surface area contributed by atoms with E-state index in [9.17, 15) is 9.59 Å². The number of oxime groups is 1. The third-order valence-electron chi connectivity index (χ3n) is 2.25. The van der Waals surface area contributed by atoms with Crippen LogP contribution in [0.4, 0.5) is 0 Å². The van der Waals surface area contributed by atoms with Crippen molar-refractivity contribution in [3.8, 4) is 5.75 Å². The van der Waals surface area contributed by atoms with E-state index in [1.807, 2.05) is 0 Å². The summed E-state index contributed by atoms with van der Waals surface area (Å²) < 4.78 is 9.48. The maximum atomic E-state index is 11.2. The average molecular weight is 251 g/mol. The zero-order valence-corrected chi connectivity index (χ0v) is 10.3. The van der Waals surface area contributed by atoms with E-state index >= 15 is 0 Å². The van der Waals surface area contributed by atoms with Gasteiger partial charge in [0.2, 0.25) is 0 Å². The van der Waals surface area contributed by atoms with Crippen molar-refractivity contribution in [3.05, 3.63) is 29.3 Å². The van der Waals surface area contributed by atoms with E-state index in [0.29, 0.717) is 11.1 Å². The second kappa shape index (κ2) is 5.81. The third-order valence-corrected chi connectivity index (χ3v) is 2.25. The van der Waals surface area contributed by atoms with Gasteiger partial charge in [0.25, 0.3) is 0 Å². The van der Waals surface area contributed by atoms with Gasteiger partial charge in [-0.2, -0.15) is 0 Å². The van der Waals surface area contributed by atoms with Crippen LogP contribution < -0.4 is 4.74 Å². The Labute approximate surface area is 104 Å². The van der Waals surface area contributed by atoms with E-state index < -0.39 is 11.9 Å². The van der Waals surface area contributed by atoms with Crippen molar-refractivity contribution in [1.82, 2.24) is 0 Å². The summed E-state index contributed by atoms with van der Waals surface area (Å²) in [7, 11) is 1.13. The van der Waals surface area contributed by atoms with Crippen molar-refractivity contribution in [2.24, 2.45) is 5.16 Å². The van der Waals surface area contributed by atoms with Crippen LogP contribution in [0.3, 0.4) is 0 Å². The van der Waals surface area contributed by atoms with Crippen molar-refractivity contribution >= 4 is 17.7 Å². The minimum absolute atomic E-state index is 0.139. The maximum Gasteiger partial charge on any atom is 0.397 e. The highest BCUT2D eigenvalue weighted by Crippen LogP contribution is 2.20. The number of ether oxygens (including phenoxy) is 2. The number of hydrogen-bond donors (Lipinski definition) is 1. The first kappa shape index (κ1) is 13.7. The van der Waals surface area contributed by atoms with Crippen molar-refractivity contribution < 1.29 is 24.3 Å². The Bertz CT molecular complexity index is 507. The molecule has 0 aromatic heterocycles. The monoisotopic (exact) mass is 251 g/mol. The number of ketones is 1. The zero-order valence-electron chi connectivity index (χ0n) is 10.3. The molecular weight excluding hydrogens is 238 g/mol. The van der Waals surface area contributed by atoms with Crippen molar-refractivity contribution in [2.75, 3.05) is 7.11 Å². The molecule has 0 fully saturated rings. The number of methoxy groups -OCH3 is 1. The van der Waals surface area contributed by atoms with Crippen LogP contribution >= 0.6 is 0 Å². The predicted octanol–water partition coefficient (Wildman–Crippen LogP) is 1.54. The molecule has 0 aliphatic heterocycles. The first-order valence-electron chi connectivity index (χ1n) is 5.09. The van der Waals surface area contributed by atoms with Crippen molar-refractivity contribution in [2.45, 2.75) is 13.8 Å². The molecule has 0 saturated heterocycles. The van der Waals surface area contributed by atoms with E-state index in [0.717, 1.165) is 7.11 Å². The van der Waals surface area contributed by atoms with E-state index in [2.05, 4.69) is 9.89 Å². The van der Waals surface area contributed by atoms with Gasteiger partial charge in [0.1, 0.15) is 5.75 Å². The Balaban J connectivity index is 3.06. The highest BCUT2D eigenvalue weighted by molar-refractivity contribution is 6.33. The molecule has 0 bridgehead atoms. The lowest BCUT2D eigenvalue weighted by atomic mass is 10.1. The summed E-state index contributed by atoms with van der Waals surface area (Å²) in [6.45, 7) is 3.14. The Morgan fingerprint density at radius 2 is 2.00 bits per heavy atom. The van der Waals surface area contributed by atoms with E-state index in [-0.39, 0.29) is 11.5 Å². The lowest BCUT2D eigenvalue weighted by Gasteiger charge is -2.09. The topological polar surface area (TPSA) is 85.2 Å². The molecule has 0 spiro atoms. The Morgan fingerprint density at radius 1 is 1.33 bits per heavy atom. The number of rotatable bonds is 2. The average Bonchev–Trinajstić information content (AvgIpc) is 2.36. The molecule has 6 heteroatoms. The number of nitrogens with zero attached hydrogens (tertiary/aromatic N) is 1. The number of Topliss-reactive ketones (excluding diaryl/α,β-unsaturated/α-hetero) is 1. The highest BCUT2D eigenvalue weighted by Gasteiger charge is 2.17. The number of esters is 1. The second-order valence-corrected chi connectivity index (χ2v) is 3.54. The minimum atomic E-state index is -0.912. The molecule has 0 amide bonds. The molecule has 0 aliphatic rings. The van der Waals surface area contributed by atoms with E-state index in [1.54, 1.807) is 19.1 Å². The summed E-state index contributed by atoms with van der Waals surface area (Å²) in [5, 5.41) is 11.4. The van der Waals surface area contributed by atoms with Crippen LogP contribution in [0, 0.1) is 6.92 Å². The Kier molecular flexibility index (Phi) is 4.42. The van der Waals surface area contributed by atoms with Crippen molar-refractivity contribution in [3.63, 3.8) is 0 Å². The SMILES string of the molecule is COC(=O)C(=NO)Oc1cc(C(C)=O)ccc1C. The highest BCUT2D eigenvalue weighted by atomic mass is 16.6. The first-order valence-corrected chi connectivity index (χ1v) is 5.09. The molecule has 18 heavy (non-hydrogen) atoms. The van der Waals surface area contributed by atoms with Gasteiger partial charge in [-0.3, -0.25) is 4.79 Å². The molecule has 0 heterocycles. The molecule has 1 aromatic carbocycles. The molecule has 6 nitrogen and oxygen atoms in total. The quantitative estimate of drug-likeness (QED) is 0.215. The van der Waals surface area contributed by atoms with Gasteiger partial charge in [-0.05, 0) is 30.6 Å². The number of aryl methyl sites for hydroxylation is 1. The maximum absolute atomic E-state index is 11.2. The molecule has 0 aliphatic carbocycles. The summed E-state index contributed by atoms with van der Waals surface area (Å²) in [5.41, 5.74) is 1.11. The van der Waals surface area contributed by atoms with Gasteiger partial charge in [-0.1, -0.05) is 12.1 Å². The van der Waals surface area contributed by atoms with Crippen LogP contribution in [0.5, 0.6) is 5.75 Å². The molecule has 1 aromatic rings. The lowest BCUT2D eigenvalue weighted by Crippen LogP contribution is -2.22. The third kappa shape index (κ3) is 3.07. The lowest BCUT2D eigenvalue weighted by molar-refractivity contribution is -0.134. The van der Waals surface area contributed by atoms with Gasteiger partial charge >= 0.3 is 11.9 Å². The summed E-state index contributed by atoms with van der Waals surface area (Å²) in [4.78, 5) is 22.4.